The predicted octanol–water partition coefficient (Wildman–Crippen LogP) is 1.97. The van der Waals surface area contributed by atoms with E-state index in [0.717, 1.165) is 15.6 Å². The van der Waals surface area contributed by atoms with Gasteiger partial charge < -0.3 is 10.1 Å². The number of thiazole rings is 1. The molecule has 0 fully saturated rings. The van der Waals surface area contributed by atoms with Crippen LogP contribution in [0.25, 0.3) is 10.2 Å². The Balaban J connectivity index is 1.77. The lowest BCUT2D eigenvalue weighted by Crippen LogP contribution is -2.22. The number of methoxy groups -OCH3 is 1. The first-order valence-corrected chi connectivity index (χ1v) is 12.4. The highest BCUT2D eigenvalue weighted by Gasteiger charge is 2.21. The molecule has 0 radical (unpaired) electrons. The maximum atomic E-state index is 12.4. The number of nitrogens with zero attached hydrogens (tertiary/aromatic N) is 2. The molecule has 1 amide bonds. The Kier molecular flexibility index (Phi) is 6.13. The van der Waals surface area contributed by atoms with Crippen molar-refractivity contribution in [3.63, 3.8) is 0 Å². The number of anilines is 1. The molecule has 0 aliphatic carbocycles. The molecule has 2 aromatic carbocycles. The average Bonchev–Trinajstić information content (AvgIpc) is 3.08. The Bertz CT molecular complexity index is 1300. The fraction of sp³-hybridized carbons (Fsp3) is 0.222. The quantitative estimate of drug-likeness (QED) is 0.561. The number of sulfone groups is 1. The van der Waals surface area contributed by atoms with E-state index in [0.29, 0.717) is 16.0 Å². The van der Waals surface area contributed by atoms with E-state index in [-0.39, 0.29) is 14.9 Å². The molecule has 0 saturated heterocycles. The number of carbonyl (C=O) groups is 1. The van der Waals surface area contributed by atoms with Gasteiger partial charge in [-0.25, -0.2) is 26.1 Å². The van der Waals surface area contributed by atoms with Gasteiger partial charge >= 0.3 is 0 Å². The van der Waals surface area contributed by atoms with Crippen molar-refractivity contribution in [1.82, 2.24) is 9.29 Å². The van der Waals surface area contributed by atoms with Gasteiger partial charge in [-0.3, -0.25) is 4.79 Å². The van der Waals surface area contributed by atoms with Crippen molar-refractivity contribution < 1.29 is 26.4 Å². The monoisotopic (exact) mass is 469 g/mol. The Labute approximate surface area is 178 Å². The van der Waals surface area contributed by atoms with Crippen molar-refractivity contribution in [2.45, 2.75) is 9.79 Å². The van der Waals surface area contributed by atoms with Gasteiger partial charge in [-0.2, -0.15) is 0 Å². The van der Waals surface area contributed by atoms with E-state index in [9.17, 15) is 21.6 Å². The third-order valence-corrected chi connectivity index (χ3v) is 8.50. The van der Waals surface area contributed by atoms with Crippen LogP contribution >= 0.6 is 11.3 Å². The number of rotatable bonds is 7. The molecule has 0 atom stereocenters. The van der Waals surface area contributed by atoms with Crippen LogP contribution in [0.1, 0.15) is 0 Å². The van der Waals surface area contributed by atoms with E-state index >= 15 is 0 Å². The zero-order chi connectivity index (χ0) is 22.1. The number of nitrogens with one attached hydrogen (secondary N) is 1. The van der Waals surface area contributed by atoms with Crippen molar-refractivity contribution in [2.75, 3.05) is 32.3 Å². The fourth-order valence-electron chi connectivity index (χ4n) is 2.52. The second kappa shape index (κ2) is 8.30. The number of carbonyl (C=O) groups excluding carboxylic acids is 1. The third kappa shape index (κ3) is 4.61. The third-order valence-electron chi connectivity index (χ3n) is 4.12. The Morgan fingerprint density at radius 3 is 2.30 bits per heavy atom. The van der Waals surface area contributed by atoms with Crippen LogP contribution in [0, 0.1) is 0 Å². The molecule has 0 saturated carbocycles. The summed E-state index contributed by atoms with van der Waals surface area (Å²) < 4.78 is 56.0. The minimum absolute atomic E-state index is 0.00119. The van der Waals surface area contributed by atoms with E-state index < -0.39 is 31.5 Å². The molecular formula is C18H19N3O6S3. The van der Waals surface area contributed by atoms with Crippen LogP contribution in [0.3, 0.4) is 0 Å². The molecule has 0 bridgehead atoms. The molecule has 0 aliphatic rings. The molecule has 1 N–H and O–H groups in total. The smallest absolute Gasteiger partial charge is 0.242 e. The lowest BCUT2D eigenvalue weighted by molar-refractivity contribution is -0.113. The highest BCUT2D eigenvalue weighted by Crippen LogP contribution is 2.29. The lowest BCUT2D eigenvalue weighted by Gasteiger charge is -2.10. The van der Waals surface area contributed by atoms with Crippen LogP contribution in [-0.4, -0.2) is 59.0 Å². The van der Waals surface area contributed by atoms with Gasteiger partial charge in [0.1, 0.15) is 11.5 Å². The minimum Gasteiger partial charge on any atom is -0.497 e. The number of hydrogen-bond acceptors (Lipinski definition) is 8. The molecular weight excluding hydrogens is 450 g/mol. The van der Waals surface area contributed by atoms with Crippen LogP contribution in [0.15, 0.2) is 52.3 Å². The van der Waals surface area contributed by atoms with Crippen molar-refractivity contribution >= 4 is 52.5 Å². The first-order valence-electron chi connectivity index (χ1n) is 8.53. The summed E-state index contributed by atoms with van der Waals surface area (Å²) in [5, 5.41) is 2.65. The molecule has 3 aromatic rings. The van der Waals surface area contributed by atoms with E-state index in [1.165, 1.54) is 63.7 Å². The molecule has 0 aliphatic heterocycles. The summed E-state index contributed by atoms with van der Waals surface area (Å²) in [6.45, 7) is 0. The lowest BCUT2D eigenvalue weighted by atomic mass is 10.3. The number of amides is 1. The minimum atomic E-state index is -3.85. The predicted molar refractivity (Wildman–Crippen MR) is 114 cm³/mol. The highest BCUT2D eigenvalue weighted by molar-refractivity contribution is 7.92. The molecule has 1 aromatic heterocycles. The summed E-state index contributed by atoms with van der Waals surface area (Å²) in [5.41, 5.74) is 0.492. The SMILES string of the molecule is COc1ccc(S(=O)(=O)CC(=O)Nc2nc3ccc(S(=O)(=O)N(C)C)cc3s2)cc1. The summed E-state index contributed by atoms with van der Waals surface area (Å²) in [6.07, 6.45) is 0. The van der Waals surface area contributed by atoms with E-state index in [4.69, 9.17) is 4.74 Å². The Morgan fingerprint density at radius 2 is 1.70 bits per heavy atom. The Morgan fingerprint density at radius 1 is 1.07 bits per heavy atom. The summed E-state index contributed by atoms with van der Waals surface area (Å²) in [6, 6.07) is 10.2. The molecule has 12 heteroatoms. The number of ether oxygens (including phenoxy) is 1. The molecule has 160 valence electrons. The average molecular weight is 470 g/mol. The standard InChI is InChI=1S/C18H19N3O6S3/c1-21(2)30(25,26)14-8-9-15-16(10-14)28-18(19-15)20-17(22)11-29(23,24)13-6-4-12(27-3)5-7-13/h4-10H,11H2,1-3H3,(H,19,20,22). The number of hydrogen-bond donors (Lipinski definition) is 1. The summed E-state index contributed by atoms with van der Waals surface area (Å²) >= 11 is 1.06. The van der Waals surface area contributed by atoms with Gasteiger partial charge in [-0.05, 0) is 42.5 Å². The second-order valence-corrected chi connectivity index (χ2v) is 11.6. The second-order valence-electron chi connectivity index (χ2n) is 6.42. The molecule has 3 rings (SSSR count). The summed E-state index contributed by atoms with van der Waals surface area (Å²) in [4.78, 5) is 16.6. The van der Waals surface area contributed by atoms with Gasteiger partial charge in [0.05, 0.1) is 27.1 Å². The highest BCUT2D eigenvalue weighted by atomic mass is 32.2. The zero-order valence-electron chi connectivity index (χ0n) is 16.3. The first-order chi connectivity index (χ1) is 14.0. The van der Waals surface area contributed by atoms with Crippen molar-refractivity contribution in [1.29, 1.82) is 0 Å². The van der Waals surface area contributed by atoms with Gasteiger partial charge in [-0.1, -0.05) is 11.3 Å². The number of benzene rings is 2. The van der Waals surface area contributed by atoms with Crippen molar-refractivity contribution in [3.8, 4) is 5.75 Å². The topological polar surface area (TPSA) is 123 Å². The number of sulfonamides is 1. The largest absolute Gasteiger partial charge is 0.497 e. The van der Waals surface area contributed by atoms with Crippen LogP contribution in [0.2, 0.25) is 0 Å². The van der Waals surface area contributed by atoms with Gasteiger partial charge in [-0.15, -0.1) is 0 Å². The van der Waals surface area contributed by atoms with Gasteiger partial charge in [0, 0.05) is 14.1 Å². The van der Waals surface area contributed by atoms with Crippen molar-refractivity contribution in [3.05, 3.63) is 42.5 Å². The fourth-order valence-corrected chi connectivity index (χ4v) is 5.58. The summed E-state index contributed by atoms with van der Waals surface area (Å²) in [7, 11) is -3.12. The maximum Gasteiger partial charge on any atom is 0.242 e. The molecule has 0 spiro atoms. The van der Waals surface area contributed by atoms with Gasteiger partial charge in [0.2, 0.25) is 15.9 Å². The van der Waals surface area contributed by atoms with Crippen LogP contribution in [-0.2, 0) is 24.7 Å². The molecule has 30 heavy (non-hydrogen) atoms. The van der Waals surface area contributed by atoms with Crippen LogP contribution < -0.4 is 10.1 Å². The normalized spacial score (nSPS) is 12.3. The molecule has 9 nitrogen and oxygen atoms in total. The first kappa shape index (κ1) is 22.2. The maximum absolute atomic E-state index is 12.4. The number of fused-ring (bicyclic) bond motifs is 1. The van der Waals surface area contributed by atoms with Crippen LogP contribution in [0.5, 0.6) is 5.75 Å². The van der Waals surface area contributed by atoms with Gasteiger partial charge in [0.25, 0.3) is 0 Å². The van der Waals surface area contributed by atoms with Crippen LogP contribution in [0.4, 0.5) is 5.13 Å². The Hall–Kier alpha value is -2.54. The van der Waals surface area contributed by atoms with E-state index in [1.807, 2.05) is 0 Å². The molecule has 1 heterocycles. The van der Waals surface area contributed by atoms with E-state index in [1.54, 1.807) is 0 Å². The number of aromatic nitrogens is 1. The van der Waals surface area contributed by atoms with E-state index in [2.05, 4.69) is 10.3 Å². The zero-order valence-corrected chi connectivity index (χ0v) is 18.8. The molecule has 0 unspecified atom stereocenters. The van der Waals surface area contributed by atoms with Crippen molar-refractivity contribution in [2.24, 2.45) is 0 Å². The van der Waals surface area contributed by atoms with Gasteiger partial charge in [0.15, 0.2) is 15.0 Å². The summed E-state index contributed by atoms with van der Waals surface area (Å²) in [5.74, 6) is -0.996.